The summed E-state index contributed by atoms with van der Waals surface area (Å²) in [6, 6.07) is 0. The number of rotatable bonds is 2. The van der Waals surface area contributed by atoms with Crippen molar-refractivity contribution in [3.63, 3.8) is 0 Å². The summed E-state index contributed by atoms with van der Waals surface area (Å²) >= 11 is 5.97. The van der Waals surface area contributed by atoms with E-state index in [2.05, 4.69) is 13.8 Å². The monoisotopic (exact) mass is 136 g/mol. The second-order valence-electron chi connectivity index (χ2n) is 2.12. The van der Waals surface area contributed by atoms with Crippen LogP contribution in [-0.2, 0) is 0 Å². The number of hydrogen-bond donors (Lipinski definition) is 0. The van der Waals surface area contributed by atoms with Crippen molar-refractivity contribution in [3.8, 4) is 0 Å². The van der Waals surface area contributed by atoms with Crippen LogP contribution in [-0.4, -0.2) is 14.7 Å². The van der Waals surface area contributed by atoms with Crippen molar-refractivity contribution in [2.24, 2.45) is 0 Å². The zero-order valence-corrected chi connectivity index (χ0v) is 8.05. The van der Waals surface area contributed by atoms with Gasteiger partial charge in [0.25, 0.3) is 0 Å². The zero-order valence-electron chi connectivity index (χ0n) is 5.29. The minimum atomic E-state index is 0.194. The van der Waals surface area contributed by atoms with Crippen molar-refractivity contribution in [2.45, 2.75) is 31.2 Å². The first kappa shape index (κ1) is 7.51. The van der Waals surface area contributed by atoms with E-state index in [0.29, 0.717) is 0 Å². The van der Waals surface area contributed by atoms with Crippen LogP contribution in [0.15, 0.2) is 0 Å². The van der Waals surface area contributed by atoms with Crippen LogP contribution in [0.3, 0.4) is 0 Å². The average molecular weight is 137 g/mol. The standard InChI is InChI=1S/C5H13ClSi/c1-3-5(6,7)4-2/h3-4H2,1-2,7H3. The lowest BCUT2D eigenvalue weighted by molar-refractivity contribution is 0.714. The molecule has 0 fully saturated rings. The van der Waals surface area contributed by atoms with E-state index in [0.717, 1.165) is 23.1 Å². The molecule has 0 saturated carbocycles. The third-order valence-corrected chi connectivity index (χ3v) is 3.42. The maximum atomic E-state index is 5.97. The van der Waals surface area contributed by atoms with E-state index in [4.69, 9.17) is 11.6 Å². The van der Waals surface area contributed by atoms with Crippen molar-refractivity contribution in [1.29, 1.82) is 0 Å². The molecule has 0 aromatic rings. The van der Waals surface area contributed by atoms with Gasteiger partial charge in [0, 0.05) is 14.7 Å². The molecule has 0 unspecified atom stereocenters. The van der Waals surface area contributed by atoms with Crippen LogP contribution in [0.25, 0.3) is 0 Å². The van der Waals surface area contributed by atoms with Gasteiger partial charge in [-0.3, -0.25) is 0 Å². The molecule has 0 amide bonds. The van der Waals surface area contributed by atoms with Gasteiger partial charge in [-0.15, -0.1) is 11.6 Å². The van der Waals surface area contributed by atoms with Gasteiger partial charge in [-0.05, 0) is 12.8 Å². The lowest BCUT2D eigenvalue weighted by Gasteiger charge is -2.15. The summed E-state index contributed by atoms with van der Waals surface area (Å²) in [5.41, 5.74) is 0. The minimum Gasteiger partial charge on any atom is -0.124 e. The van der Waals surface area contributed by atoms with Gasteiger partial charge in [0.1, 0.15) is 0 Å². The second kappa shape index (κ2) is 2.73. The van der Waals surface area contributed by atoms with Crippen LogP contribution in [0.4, 0.5) is 0 Å². The quantitative estimate of drug-likeness (QED) is 0.394. The van der Waals surface area contributed by atoms with Gasteiger partial charge in [-0.1, -0.05) is 13.8 Å². The Balaban J connectivity index is 3.36. The molecule has 0 aliphatic rings. The molecule has 0 heterocycles. The minimum absolute atomic E-state index is 0.194. The third-order valence-electron chi connectivity index (χ3n) is 1.47. The second-order valence-corrected chi connectivity index (χ2v) is 5.58. The Morgan fingerprint density at radius 1 is 1.43 bits per heavy atom. The number of alkyl halides is 1. The fraction of sp³-hybridized carbons (Fsp3) is 1.00. The molecule has 0 nitrogen and oxygen atoms in total. The van der Waals surface area contributed by atoms with Crippen LogP contribution in [0.5, 0.6) is 0 Å². The zero-order chi connectivity index (χ0) is 5.91. The fourth-order valence-corrected chi connectivity index (χ4v) is 0.250. The van der Waals surface area contributed by atoms with Crippen molar-refractivity contribution < 1.29 is 0 Å². The van der Waals surface area contributed by atoms with Crippen molar-refractivity contribution in [1.82, 2.24) is 0 Å². The molecular formula is C5H13ClSi. The van der Waals surface area contributed by atoms with Gasteiger partial charge in [-0.2, -0.15) is 0 Å². The molecule has 0 spiro atoms. The highest BCUT2D eigenvalue weighted by Crippen LogP contribution is 2.17. The van der Waals surface area contributed by atoms with Crippen LogP contribution in [0.2, 0.25) is 0 Å². The predicted octanol–water partition coefficient (Wildman–Crippen LogP) is 1.11. The highest BCUT2D eigenvalue weighted by Gasteiger charge is 2.13. The Bertz CT molecular complexity index is 46.0. The molecule has 0 N–H and O–H groups in total. The maximum absolute atomic E-state index is 5.97. The van der Waals surface area contributed by atoms with Crippen LogP contribution in [0, 0.1) is 0 Å². The number of halogens is 1. The molecule has 0 aromatic heterocycles. The summed E-state index contributed by atoms with van der Waals surface area (Å²) in [7, 11) is 1.11. The van der Waals surface area contributed by atoms with Crippen molar-refractivity contribution in [2.75, 3.05) is 0 Å². The predicted molar refractivity (Wildman–Crippen MR) is 39.1 cm³/mol. The molecule has 7 heavy (non-hydrogen) atoms. The van der Waals surface area contributed by atoms with E-state index in [1.54, 1.807) is 0 Å². The SMILES string of the molecule is CCC([SiH3])(Cl)CC. The largest absolute Gasteiger partial charge is 0.124 e. The summed E-state index contributed by atoms with van der Waals surface area (Å²) in [5.74, 6) is 0. The van der Waals surface area contributed by atoms with Gasteiger partial charge in [0.05, 0.1) is 0 Å². The molecule has 44 valence electrons. The van der Waals surface area contributed by atoms with E-state index >= 15 is 0 Å². The molecule has 0 saturated heterocycles. The molecule has 0 radical (unpaired) electrons. The molecule has 0 aliphatic carbocycles. The van der Waals surface area contributed by atoms with Crippen LogP contribution in [0.1, 0.15) is 26.7 Å². The molecule has 0 atom stereocenters. The topological polar surface area (TPSA) is 0 Å². The summed E-state index contributed by atoms with van der Waals surface area (Å²) in [6.07, 6.45) is 2.24. The molecule has 0 rings (SSSR count). The Kier molecular flexibility index (Phi) is 2.92. The van der Waals surface area contributed by atoms with Crippen LogP contribution >= 0.6 is 11.6 Å². The Hall–Kier alpha value is 0.507. The first-order valence-electron chi connectivity index (χ1n) is 2.81. The van der Waals surface area contributed by atoms with E-state index in [1.807, 2.05) is 0 Å². The van der Waals surface area contributed by atoms with Crippen molar-refractivity contribution in [3.05, 3.63) is 0 Å². The van der Waals surface area contributed by atoms with E-state index in [1.165, 1.54) is 0 Å². The van der Waals surface area contributed by atoms with Gasteiger partial charge < -0.3 is 0 Å². The average Bonchev–Trinajstić information content (AvgIpc) is 1.68. The van der Waals surface area contributed by atoms with Gasteiger partial charge in [0.2, 0.25) is 0 Å². The van der Waals surface area contributed by atoms with E-state index in [9.17, 15) is 0 Å². The Labute approximate surface area is 53.7 Å². The Morgan fingerprint density at radius 2 is 1.71 bits per heavy atom. The summed E-state index contributed by atoms with van der Waals surface area (Å²) in [6.45, 7) is 4.28. The van der Waals surface area contributed by atoms with Gasteiger partial charge >= 0.3 is 0 Å². The van der Waals surface area contributed by atoms with Gasteiger partial charge in [0.15, 0.2) is 0 Å². The molecule has 0 bridgehead atoms. The third kappa shape index (κ3) is 3.12. The molecule has 0 aliphatic heterocycles. The highest BCUT2D eigenvalue weighted by molar-refractivity contribution is 6.44. The Morgan fingerprint density at radius 3 is 1.71 bits per heavy atom. The van der Waals surface area contributed by atoms with E-state index in [-0.39, 0.29) is 4.50 Å². The first-order chi connectivity index (χ1) is 3.12. The summed E-state index contributed by atoms with van der Waals surface area (Å²) < 4.78 is 0.194. The van der Waals surface area contributed by atoms with Crippen molar-refractivity contribution >= 4 is 21.8 Å². The maximum Gasteiger partial charge on any atom is 0.0293 e. The highest BCUT2D eigenvalue weighted by atomic mass is 35.5. The molecule has 2 heteroatoms. The summed E-state index contributed by atoms with van der Waals surface area (Å²) in [5, 5.41) is 0. The summed E-state index contributed by atoms with van der Waals surface area (Å²) in [4.78, 5) is 0. The molecular weight excluding hydrogens is 124 g/mol. The van der Waals surface area contributed by atoms with Gasteiger partial charge in [-0.25, -0.2) is 0 Å². The fourth-order valence-electron chi connectivity index (χ4n) is 0.250. The van der Waals surface area contributed by atoms with Crippen LogP contribution < -0.4 is 0 Å². The van der Waals surface area contributed by atoms with E-state index < -0.39 is 0 Å². The lowest BCUT2D eigenvalue weighted by Crippen LogP contribution is -2.17. The first-order valence-corrected chi connectivity index (χ1v) is 4.19. The normalized spacial score (nSPS) is 12.4. The number of hydrogen-bond acceptors (Lipinski definition) is 0. The lowest BCUT2D eigenvalue weighted by atomic mass is 10.2. The smallest absolute Gasteiger partial charge is 0.0293 e. The molecule has 0 aromatic carbocycles.